The minimum absolute atomic E-state index is 0.115. The maximum Gasteiger partial charge on any atom is 0.234 e. The number of aromatic nitrogens is 1. The molecule has 1 saturated heterocycles. The monoisotopic (exact) mass is 413 g/mol. The largest absolute Gasteiger partial charge is 0.355 e. The number of carbonyl (C=O) groups excluding carboxylic acids is 1. The predicted octanol–water partition coefficient (Wildman–Crippen LogP) is 4.49. The molecule has 0 bridgehead atoms. The number of piperidine rings is 1. The van der Waals surface area contributed by atoms with Crippen molar-refractivity contribution in [1.82, 2.24) is 15.2 Å². The molecule has 0 radical (unpaired) electrons. The third-order valence-electron chi connectivity index (χ3n) is 5.25. The van der Waals surface area contributed by atoms with Gasteiger partial charge in [0.05, 0.1) is 21.8 Å². The first-order valence-corrected chi connectivity index (χ1v) is 11.0. The number of amides is 1. The van der Waals surface area contributed by atoms with E-state index in [2.05, 4.69) is 22.3 Å². The van der Waals surface area contributed by atoms with E-state index in [4.69, 9.17) is 16.6 Å². The summed E-state index contributed by atoms with van der Waals surface area (Å²) in [6.07, 6.45) is 2.96. The highest BCUT2D eigenvalue weighted by atomic mass is 35.5. The van der Waals surface area contributed by atoms with Crippen molar-refractivity contribution >= 4 is 39.1 Å². The highest BCUT2D eigenvalue weighted by molar-refractivity contribution is 7.18. The summed E-state index contributed by atoms with van der Waals surface area (Å²) in [5.41, 5.74) is 2.24. The van der Waals surface area contributed by atoms with Crippen molar-refractivity contribution in [3.05, 3.63) is 64.1 Å². The topological polar surface area (TPSA) is 45.2 Å². The van der Waals surface area contributed by atoms with Gasteiger partial charge in [-0.3, -0.25) is 9.69 Å². The summed E-state index contributed by atoms with van der Waals surface area (Å²) in [4.78, 5) is 19.3. The van der Waals surface area contributed by atoms with Crippen molar-refractivity contribution in [2.24, 2.45) is 0 Å². The molecule has 0 saturated carbocycles. The first kappa shape index (κ1) is 19.4. The Kier molecular flexibility index (Phi) is 6.25. The molecule has 1 N–H and O–H groups in total. The van der Waals surface area contributed by atoms with Gasteiger partial charge >= 0.3 is 0 Å². The van der Waals surface area contributed by atoms with Gasteiger partial charge in [0.25, 0.3) is 0 Å². The fraction of sp³-hybridized carbons (Fsp3) is 0.364. The molecule has 28 heavy (non-hydrogen) atoms. The van der Waals surface area contributed by atoms with E-state index in [1.54, 1.807) is 11.3 Å². The molecule has 0 aliphatic carbocycles. The van der Waals surface area contributed by atoms with Crippen LogP contribution in [0.3, 0.4) is 0 Å². The number of hydrogen-bond donors (Lipinski definition) is 1. The summed E-state index contributed by atoms with van der Waals surface area (Å²) in [5, 5.41) is 4.97. The van der Waals surface area contributed by atoms with Crippen molar-refractivity contribution < 1.29 is 4.79 Å². The van der Waals surface area contributed by atoms with E-state index in [-0.39, 0.29) is 5.91 Å². The van der Waals surface area contributed by atoms with E-state index in [1.807, 2.05) is 36.4 Å². The number of nitrogens with zero attached hydrogens (tertiary/aromatic N) is 2. The molecule has 3 aromatic rings. The Morgan fingerprint density at radius 1 is 1.18 bits per heavy atom. The van der Waals surface area contributed by atoms with Crippen LogP contribution in [-0.2, 0) is 11.2 Å². The van der Waals surface area contributed by atoms with Gasteiger partial charge in [-0.05, 0) is 56.1 Å². The Bertz CT molecular complexity index is 935. The summed E-state index contributed by atoms with van der Waals surface area (Å²) in [6.45, 7) is 3.05. The van der Waals surface area contributed by atoms with Crippen molar-refractivity contribution in [1.29, 1.82) is 0 Å². The van der Waals surface area contributed by atoms with Gasteiger partial charge < -0.3 is 5.32 Å². The summed E-state index contributed by atoms with van der Waals surface area (Å²) in [5.74, 6) is 0.595. The standard InChI is InChI=1S/C22H24ClN3OS/c23-18-6-7-20-19(14-18)25-22(28-20)17-9-12-26(13-10-17)15-21(27)24-11-8-16-4-2-1-3-5-16/h1-7,14,17H,8-13,15H2,(H,24,27). The van der Waals surface area contributed by atoms with Crippen molar-refractivity contribution in [2.75, 3.05) is 26.2 Å². The second-order valence-corrected chi connectivity index (χ2v) is 8.80. The molecule has 0 unspecified atom stereocenters. The molecule has 146 valence electrons. The van der Waals surface area contributed by atoms with Gasteiger partial charge in [0.1, 0.15) is 0 Å². The molecule has 2 heterocycles. The summed E-state index contributed by atoms with van der Waals surface area (Å²) >= 11 is 7.84. The molecule has 4 nitrogen and oxygen atoms in total. The number of fused-ring (bicyclic) bond motifs is 1. The van der Waals surface area contributed by atoms with Crippen LogP contribution in [0.4, 0.5) is 0 Å². The van der Waals surface area contributed by atoms with Gasteiger partial charge in [0.2, 0.25) is 5.91 Å². The lowest BCUT2D eigenvalue weighted by atomic mass is 9.97. The van der Waals surface area contributed by atoms with E-state index in [1.165, 1.54) is 15.3 Å². The van der Waals surface area contributed by atoms with Crippen molar-refractivity contribution in [3.8, 4) is 0 Å². The lowest BCUT2D eigenvalue weighted by Crippen LogP contribution is -2.41. The van der Waals surface area contributed by atoms with Gasteiger partial charge in [-0.15, -0.1) is 11.3 Å². The molecular formula is C22H24ClN3OS. The Balaban J connectivity index is 1.23. The van der Waals surface area contributed by atoms with Gasteiger partial charge in [-0.2, -0.15) is 0 Å². The summed E-state index contributed by atoms with van der Waals surface area (Å²) < 4.78 is 1.19. The zero-order chi connectivity index (χ0) is 19.3. The van der Waals surface area contributed by atoms with Gasteiger partial charge in [0, 0.05) is 17.5 Å². The minimum atomic E-state index is 0.115. The highest BCUT2D eigenvalue weighted by Gasteiger charge is 2.24. The first-order chi connectivity index (χ1) is 13.7. The first-order valence-electron chi connectivity index (χ1n) is 9.76. The number of thiazole rings is 1. The van der Waals surface area contributed by atoms with E-state index < -0.39 is 0 Å². The van der Waals surface area contributed by atoms with E-state index in [0.29, 0.717) is 19.0 Å². The fourth-order valence-corrected chi connectivity index (χ4v) is 4.96. The molecule has 1 aromatic heterocycles. The number of likely N-dealkylation sites (tertiary alicyclic amines) is 1. The van der Waals surface area contributed by atoms with Crippen LogP contribution in [0.15, 0.2) is 48.5 Å². The molecule has 0 atom stereocenters. The smallest absolute Gasteiger partial charge is 0.234 e. The molecular weight excluding hydrogens is 390 g/mol. The molecule has 1 fully saturated rings. The highest BCUT2D eigenvalue weighted by Crippen LogP contribution is 2.34. The lowest BCUT2D eigenvalue weighted by molar-refractivity contribution is -0.122. The van der Waals surface area contributed by atoms with Crippen LogP contribution in [0.2, 0.25) is 5.02 Å². The molecule has 1 aliphatic heterocycles. The van der Waals surface area contributed by atoms with Crippen LogP contribution < -0.4 is 5.32 Å². The number of rotatable bonds is 6. The molecule has 6 heteroatoms. The number of halogens is 1. The van der Waals surface area contributed by atoms with Crippen molar-refractivity contribution in [2.45, 2.75) is 25.2 Å². The Morgan fingerprint density at radius 3 is 2.75 bits per heavy atom. The lowest BCUT2D eigenvalue weighted by Gasteiger charge is -2.30. The average Bonchev–Trinajstić information content (AvgIpc) is 3.12. The van der Waals surface area contributed by atoms with Gasteiger partial charge in [-0.1, -0.05) is 41.9 Å². The zero-order valence-corrected chi connectivity index (χ0v) is 17.3. The van der Waals surface area contributed by atoms with Crippen molar-refractivity contribution in [3.63, 3.8) is 0 Å². The zero-order valence-electron chi connectivity index (χ0n) is 15.7. The minimum Gasteiger partial charge on any atom is -0.355 e. The number of benzene rings is 2. The maximum absolute atomic E-state index is 12.2. The Hall–Kier alpha value is -1.95. The Morgan fingerprint density at radius 2 is 1.96 bits per heavy atom. The normalized spacial score (nSPS) is 15.8. The Labute approximate surface area is 174 Å². The third kappa shape index (κ3) is 4.90. The van der Waals surface area contributed by atoms with E-state index >= 15 is 0 Å². The van der Waals surface area contributed by atoms with Gasteiger partial charge in [0.15, 0.2) is 0 Å². The number of carbonyl (C=O) groups is 1. The fourth-order valence-electron chi connectivity index (χ4n) is 3.68. The molecule has 1 amide bonds. The second kappa shape index (κ2) is 9.03. The number of nitrogens with one attached hydrogen (secondary N) is 1. The molecule has 1 aliphatic rings. The number of hydrogen-bond acceptors (Lipinski definition) is 4. The van der Waals surface area contributed by atoms with Crippen LogP contribution in [0, 0.1) is 0 Å². The molecule has 0 spiro atoms. The summed E-state index contributed by atoms with van der Waals surface area (Å²) in [6, 6.07) is 16.2. The van der Waals surface area contributed by atoms with Crippen LogP contribution >= 0.6 is 22.9 Å². The van der Waals surface area contributed by atoms with Crippen LogP contribution in [0.25, 0.3) is 10.2 Å². The maximum atomic E-state index is 12.2. The second-order valence-electron chi connectivity index (χ2n) is 7.30. The molecule has 2 aromatic carbocycles. The van der Waals surface area contributed by atoms with Crippen LogP contribution in [-0.4, -0.2) is 42.0 Å². The van der Waals surface area contributed by atoms with Crippen LogP contribution in [0.5, 0.6) is 0 Å². The van der Waals surface area contributed by atoms with Gasteiger partial charge in [-0.25, -0.2) is 4.98 Å². The molecule has 4 rings (SSSR count). The van der Waals surface area contributed by atoms with Crippen LogP contribution in [0.1, 0.15) is 29.3 Å². The predicted molar refractivity (Wildman–Crippen MR) is 116 cm³/mol. The average molecular weight is 414 g/mol. The summed E-state index contributed by atoms with van der Waals surface area (Å²) in [7, 11) is 0. The van der Waals surface area contributed by atoms with E-state index in [9.17, 15) is 4.79 Å². The quantitative estimate of drug-likeness (QED) is 0.647. The van der Waals surface area contributed by atoms with E-state index in [0.717, 1.165) is 42.9 Å². The SMILES string of the molecule is O=C(CN1CCC(c2nc3cc(Cl)ccc3s2)CC1)NCCc1ccccc1. The third-order valence-corrected chi connectivity index (χ3v) is 6.68.